The van der Waals surface area contributed by atoms with Gasteiger partial charge in [-0.3, -0.25) is 4.79 Å². The lowest BCUT2D eigenvalue weighted by molar-refractivity contribution is -0.116. The largest absolute Gasteiger partial charge is 0.272 e. The number of anilines is 1. The number of carbonyl (C=O) groups excluding carboxylic acids is 1. The van der Waals surface area contributed by atoms with Crippen molar-refractivity contribution in [3.05, 3.63) is 28.2 Å². The van der Waals surface area contributed by atoms with Gasteiger partial charge in [0.1, 0.15) is 0 Å². The van der Waals surface area contributed by atoms with Gasteiger partial charge in [-0.15, -0.1) is 0 Å². The number of halogens is 2. The van der Waals surface area contributed by atoms with Gasteiger partial charge in [-0.05, 0) is 18.2 Å². The molecule has 0 radical (unpaired) electrons. The van der Waals surface area contributed by atoms with Crippen LogP contribution in [0.1, 0.15) is 6.42 Å². The Bertz CT molecular complexity index is 397. The van der Waals surface area contributed by atoms with Crippen LogP contribution >= 0.6 is 23.2 Å². The van der Waals surface area contributed by atoms with Gasteiger partial charge in [-0.25, -0.2) is 5.01 Å². The van der Waals surface area contributed by atoms with E-state index in [0.29, 0.717) is 22.2 Å². The van der Waals surface area contributed by atoms with E-state index in [0.717, 1.165) is 0 Å². The Morgan fingerprint density at radius 1 is 1.21 bits per heavy atom. The van der Waals surface area contributed by atoms with Gasteiger partial charge in [0.2, 0.25) is 0 Å². The summed E-state index contributed by atoms with van der Waals surface area (Å²) < 4.78 is 0. The van der Waals surface area contributed by atoms with E-state index in [1.54, 1.807) is 24.4 Å². The molecule has 0 saturated carbocycles. The highest BCUT2D eigenvalue weighted by Gasteiger charge is 2.19. The number of hydrogen-bond donors (Lipinski definition) is 0. The molecule has 14 heavy (non-hydrogen) atoms. The van der Waals surface area contributed by atoms with Crippen LogP contribution < -0.4 is 5.01 Å². The first-order valence-corrected chi connectivity index (χ1v) is 4.74. The molecule has 1 aliphatic rings. The van der Waals surface area contributed by atoms with Crippen molar-refractivity contribution in [1.29, 1.82) is 0 Å². The Labute approximate surface area is 90.9 Å². The molecule has 72 valence electrons. The molecular formula is C9H6Cl2N2O. The minimum Gasteiger partial charge on any atom is -0.272 e. The number of amides is 1. The van der Waals surface area contributed by atoms with E-state index in [-0.39, 0.29) is 5.91 Å². The summed E-state index contributed by atoms with van der Waals surface area (Å²) in [6, 6.07) is 4.90. The third kappa shape index (κ3) is 1.74. The molecule has 0 atom stereocenters. The highest BCUT2D eigenvalue weighted by molar-refractivity contribution is 6.35. The van der Waals surface area contributed by atoms with E-state index in [1.807, 2.05) is 0 Å². The lowest BCUT2D eigenvalue weighted by Crippen LogP contribution is -2.19. The highest BCUT2D eigenvalue weighted by atomic mass is 35.5. The second-order valence-electron chi connectivity index (χ2n) is 2.84. The van der Waals surface area contributed by atoms with Gasteiger partial charge in [0.15, 0.2) is 0 Å². The summed E-state index contributed by atoms with van der Waals surface area (Å²) in [6.45, 7) is 0. The molecule has 1 aromatic carbocycles. The number of hydrazone groups is 1. The van der Waals surface area contributed by atoms with Crippen molar-refractivity contribution in [3.63, 3.8) is 0 Å². The van der Waals surface area contributed by atoms with Gasteiger partial charge in [0.05, 0.1) is 12.1 Å². The van der Waals surface area contributed by atoms with E-state index >= 15 is 0 Å². The summed E-state index contributed by atoms with van der Waals surface area (Å²) in [7, 11) is 0. The SMILES string of the molecule is O=C1CC=NN1c1cc(Cl)cc(Cl)c1. The molecule has 0 fully saturated rings. The topological polar surface area (TPSA) is 32.7 Å². The molecule has 0 aromatic heterocycles. The van der Waals surface area contributed by atoms with E-state index < -0.39 is 0 Å². The summed E-state index contributed by atoms with van der Waals surface area (Å²) in [5.74, 6) is -0.0802. The first-order chi connectivity index (χ1) is 6.66. The second kappa shape index (κ2) is 3.59. The molecule has 0 aliphatic carbocycles. The van der Waals surface area contributed by atoms with E-state index in [9.17, 15) is 4.79 Å². The third-order valence-corrected chi connectivity index (χ3v) is 2.23. The smallest absolute Gasteiger partial charge is 0.252 e. The lowest BCUT2D eigenvalue weighted by Gasteiger charge is -2.12. The number of nitrogens with zero attached hydrogens (tertiary/aromatic N) is 2. The molecule has 1 amide bonds. The van der Waals surface area contributed by atoms with Crippen molar-refractivity contribution in [2.24, 2.45) is 5.10 Å². The average molecular weight is 229 g/mol. The van der Waals surface area contributed by atoms with Gasteiger partial charge in [0, 0.05) is 16.3 Å². The zero-order valence-electron chi connectivity index (χ0n) is 7.08. The van der Waals surface area contributed by atoms with E-state index in [2.05, 4.69) is 5.10 Å². The summed E-state index contributed by atoms with van der Waals surface area (Å²) in [4.78, 5) is 11.3. The van der Waals surface area contributed by atoms with Gasteiger partial charge < -0.3 is 0 Å². The van der Waals surface area contributed by atoms with Crippen LogP contribution in [0.4, 0.5) is 5.69 Å². The molecule has 2 rings (SSSR count). The Morgan fingerprint density at radius 2 is 1.86 bits per heavy atom. The number of hydrogen-bond acceptors (Lipinski definition) is 2. The minimum atomic E-state index is -0.0802. The minimum absolute atomic E-state index is 0.0802. The molecule has 0 N–H and O–H groups in total. The molecule has 0 unspecified atom stereocenters. The monoisotopic (exact) mass is 228 g/mol. The molecule has 3 nitrogen and oxygen atoms in total. The second-order valence-corrected chi connectivity index (χ2v) is 3.71. The number of rotatable bonds is 1. The van der Waals surface area contributed by atoms with Crippen molar-refractivity contribution in [3.8, 4) is 0 Å². The lowest BCUT2D eigenvalue weighted by atomic mass is 10.3. The zero-order valence-corrected chi connectivity index (χ0v) is 8.59. The predicted octanol–water partition coefficient (Wildman–Crippen LogP) is 2.72. The molecule has 1 aromatic rings. The maximum atomic E-state index is 11.3. The van der Waals surface area contributed by atoms with Crippen LogP contribution in [0.3, 0.4) is 0 Å². The first-order valence-electron chi connectivity index (χ1n) is 3.98. The van der Waals surface area contributed by atoms with Crippen LogP contribution in [0.2, 0.25) is 10.0 Å². The molecule has 0 spiro atoms. The molecular weight excluding hydrogens is 223 g/mol. The number of benzene rings is 1. The molecule has 1 aliphatic heterocycles. The Balaban J connectivity index is 2.41. The fourth-order valence-electron chi connectivity index (χ4n) is 1.22. The molecule has 1 heterocycles. The quantitative estimate of drug-likeness (QED) is 0.728. The maximum absolute atomic E-state index is 11.3. The van der Waals surface area contributed by atoms with Crippen LogP contribution in [0.15, 0.2) is 23.3 Å². The van der Waals surface area contributed by atoms with Gasteiger partial charge >= 0.3 is 0 Å². The van der Waals surface area contributed by atoms with Gasteiger partial charge in [-0.1, -0.05) is 23.2 Å². The Kier molecular flexibility index (Phi) is 2.44. The summed E-state index contributed by atoms with van der Waals surface area (Å²) in [5, 5.41) is 6.18. The molecule has 0 saturated heterocycles. The van der Waals surface area contributed by atoms with Crippen LogP contribution in [-0.4, -0.2) is 12.1 Å². The first kappa shape index (κ1) is 9.49. The van der Waals surface area contributed by atoms with E-state index in [1.165, 1.54) is 5.01 Å². The highest BCUT2D eigenvalue weighted by Crippen LogP contribution is 2.27. The summed E-state index contributed by atoms with van der Waals surface area (Å²) in [6.07, 6.45) is 1.88. The van der Waals surface area contributed by atoms with Crippen LogP contribution in [0, 0.1) is 0 Å². The zero-order chi connectivity index (χ0) is 10.1. The van der Waals surface area contributed by atoms with Crippen LogP contribution in [0.5, 0.6) is 0 Å². The maximum Gasteiger partial charge on any atom is 0.252 e. The van der Waals surface area contributed by atoms with Gasteiger partial charge in [-0.2, -0.15) is 5.10 Å². The predicted molar refractivity (Wildman–Crippen MR) is 57.1 cm³/mol. The fourth-order valence-corrected chi connectivity index (χ4v) is 1.74. The fraction of sp³-hybridized carbons (Fsp3) is 0.111. The van der Waals surface area contributed by atoms with Crippen molar-refractivity contribution in [2.75, 3.05) is 5.01 Å². The van der Waals surface area contributed by atoms with Crippen LogP contribution in [-0.2, 0) is 4.79 Å². The molecule has 0 bridgehead atoms. The standard InChI is InChI=1S/C9H6Cl2N2O/c10-6-3-7(11)5-8(4-6)13-9(14)1-2-12-13/h2-5H,1H2. The summed E-state index contributed by atoms with van der Waals surface area (Å²) in [5.41, 5.74) is 0.598. The van der Waals surface area contributed by atoms with Crippen molar-refractivity contribution >= 4 is 41.0 Å². The van der Waals surface area contributed by atoms with Crippen LogP contribution in [0.25, 0.3) is 0 Å². The van der Waals surface area contributed by atoms with E-state index in [4.69, 9.17) is 23.2 Å². The molecule has 5 heteroatoms. The van der Waals surface area contributed by atoms with Crippen molar-refractivity contribution in [1.82, 2.24) is 0 Å². The Hall–Kier alpha value is -1.06. The average Bonchev–Trinajstić information content (AvgIpc) is 2.49. The van der Waals surface area contributed by atoms with Crippen molar-refractivity contribution in [2.45, 2.75) is 6.42 Å². The normalized spacial score (nSPS) is 15.3. The third-order valence-electron chi connectivity index (χ3n) is 1.79. The van der Waals surface area contributed by atoms with Crippen molar-refractivity contribution < 1.29 is 4.79 Å². The summed E-state index contributed by atoms with van der Waals surface area (Å²) >= 11 is 11.6. The Morgan fingerprint density at radius 3 is 2.36 bits per heavy atom. The van der Waals surface area contributed by atoms with Gasteiger partial charge in [0.25, 0.3) is 5.91 Å². The number of carbonyl (C=O) groups is 1.